The van der Waals surface area contributed by atoms with Gasteiger partial charge in [-0.15, -0.1) is 0 Å². The summed E-state index contributed by atoms with van der Waals surface area (Å²) in [6.45, 7) is 3.67. The Morgan fingerprint density at radius 3 is 2.50 bits per heavy atom. The van der Waals surface area contributed by atoms with Crippen LogP contribution in [0.3, 0.4) is 0 Å². The van der Waals surface area contributed by atoms with Crippen molar-refractivity contribution in [3.8, 4) is 0 Å². The van der Waals surface area contributed by atoms with E-state index in [1.54, 1.807) is 13.0 Å². The highest BCUT2D eigenvalue weighted by Crippen LogP contribution is 2.26. The van der Waals surface area contributed by atoms with Crippen molar-refractivity contribution in [2.24, 2.45) is 0 Å². The van der Waals surface area contributed by atoms with Crippen LogP contribution in [-0.2, 0) is 9.59 Å². The Bertz CT molecular complexity index is 911. The Morgan fingerprint density at radius 1 is 1.13 bits per heavy atom. The van der Waals surface area contributed by atoms with E-state index >= 15 is 0 Å². The van der Waals surface area contributed by atoms with Gasteiger partial charge >= 0.3 is 0 Å². The molecule has 1 unspecified atom stereocenters. The number of nitro benzene ring substituents is 1. The van der Waals surface area contributed by atoms with E-state index in [-0.39, 0.29) is 17.3 Å². The van der Waals surface area contributed by atoms with Crippen LogP contribution in [0.2, 0.25) is 0 Å². The number of carbonyl (C=O) groups is 2. The third-order valence-electron chi connectivity index (χ3n) is 5.15. The molecule has 3 rings (SSSR count). The van der Waals surface area contributed by atoms with Crippen LogP contribution >= 0.6 is 0 Å². The molecule has 1 aliphatic rings. The van der Waals surface area contributed by atoms with Crippen molar-refractivity contribution in [1.82, 2.24) is 10.2 Å². The Morgan fingerprint density at radius 2 is 1.83 bits per heavy atom. The van der Waals surface area contributed by atoms with Gasteiger partial charge in [-0.25, -0.2) is 0 Å². The van der Waals surface area contributed by atoms with E-state index in [1.807, 2.05) is 35.2 Å². The molecule has 30 heavy (non-hydrogen) atoms. The summed E-state index contributed by atoms with van der Waals surface area (Å²) in [4.78, 5) is 38.0. The normalized spacial score (nSPS) is 14.4. The molecule has 2 aromatic rings. The average molecular weight is 410 g/mol. The Balaban J connectivity index is 1.71. The molecule has 0 bridgehead atoms. The number of hydrogen-bond donors (Lipinski definition) is 2. The number of aryl methyl sites for hydroxylation is 1. The van der Waals surface area contributed by atoms with E-state index in [4.69, 9.17) is 0 Å². The summed E-state index contributed by atoms with van der Waals surface area (Å²) in [6, 6.07) is 13.0. The quantitative estimate of drug-likeness (QED) is 0.514. The molecule has 2 amide bonds. The molecule has 2 aromatic carbocycles. The molecule has 1 fully saturated rings. The maximum Gasteiger partial charge on any atom is 0.293 e. The summed E-state index contributed by atoms with van der Waals surface area (Å²) in [6.07, 6.45) is 2.36. The SMILES string of the molecule is Cc1ccc(NC(=O)C(NCCC(=O)N2CCCC2)c2ccccc2)c([N+](=O)[O-])c1. The highest BCUT2D eigenvalue weighted by Gasteiger charge is 2.24. The number of nitro groups is 1. The van der Waals surface area contributed by atoms with Gasteiger partial charge in [-0.1, -0.05) is 36.4 Å². The minimum Gasteiger partial charge on any atom is -0.343 e. The molecular formula is C22H26N4O4. The van der Waals surface area contributed by atoms with Crippen molar-refractivity contribution in [3.63, 3.8) is 0 Å². The van der Waals surface area contributed by atoms with Gasteiger partial charge in [0.15, 0.2) is 0 Å². The van der Waals surface area contributed by atoms with Gasteiger partial charge in [-0.3, -0.25) is 19.7 Å². The maximum atomic E-state index is 13.0. The minimum atomic E-state index is -0.738. The van der Waals surface area contributed by atoms with Gasteiger partial charge in [-0.2, -0.15) is 0 Å². The summed E-state index contributed by atoms with van der Waals surface area (Å²) < 4.78 is 0. The average Bonchev–Trinajstić information content (AvgIpc) is 3.28. The van der Waals surface area contributed by atoms with Gasteiger partial charge in [0.2, 0.25) is 11.8 Å². The third kappa shape index (κ3) is 5.42. The first-order valence-electron chi connectivity index (χ1n) is 10.1. The number of nitrogens with zero attached hydrogens (tertiary/aromatic N) is 2. The second kappa shape index (κ2) is 9.98. The van der Waals surface area contributed by atoms with Crippen LogP contribution < -0.4 is 10.6 Å². The summed E-state index contributed by atoms with van der Waals surface area (Å²) in [5, 5.41) is 17.2. The summed E-state index contributed by atoms with van der Waals surface area (Å²) in [5.74, 6) is -0.344. The number of nitrogens with one attached hydrogen (secondary N) is 2. The summed E-state index contributed by atoms with van der Waals surface area (Å²) >= 11 is 0. The molecule has 1 atom stereocenters. The lowest BCUT2D eigenvalue weighted by Crippen LogP contribution is -2.36. The first-order chi connectivity index (χ1) is 14.5. The van der Waals surface area contributed by atoms with Gasteiger partial charge in [0.1, 0.15) is 11.7 Å². The van der Waals surface area contributed by atoms with Crippen molar-refractivity contribution in [3.05, 3.63) is 69.8 Å². The lowest BCUT2D eigenvalue weighted by atomic mass is 10.1. The highest BCUT2D eigenvalue weighted by atomic mass is 16.6. The fourth-order valence-electron chi connectivity index (χ4n) is 3.56. The fourth-order valence-corrected chi connectivity index (χ4v) is 3.56. The maximum absolute atomic E-state index is 13.0. The first kappa shape index (κ1) is 21.4. The van der Waals surface area contributed by atoms with Gasteiger partial charge in [0.05, 0.1) is 4.92 Å². The van der Waals surface area contributed by atoms with Gasteiger partial charge in [0, 0.05) is 32.1 Å². The van der Waals surface area contributed by atoms with Crippen LogP contribution in [0.25, 0.3) is 0 Å². The van der Waals surface area contributed by atoms with Crippen molar-refractivity contribution >= 4 is 23.2 Å². The molecule has 1 heterocycles. The van der Waals surface area contributed by atoms with E-state index in [9.17, 15) is 19.7 Å². The molecule has 0 aliphatic carbocycles. The molecule has 0 aromatic heterocycles. The van der Waals surface area contributed by atoms with Crippen molar-refractivity contribution in [2.75, 3.05) is 25.0 Å². The zero-order valence-corrected chi connectivity index (χ0v) is 17.0. The topological polar surface area (TPSA) is 105 Å². The summed E-state index contributed by atoms with van der Waals surface area (Å²) in [5.41, 5.74) is 1.45. The molecule has 2 N–H and O–H groups in total. The second-order valence-corrected chi connectivity index (χ2v) is 7.40. The monoisotopic (exact) mass is 410 g/mol. The number of hydrogen-bond acceptors (Lipinski definition) is 5. The van der Waals surface area contributed by atoms with Crippen LogP contribution in [0, 0.1) is 17.0 Å². The zero-order valence-electron chi connectivity index (χ0n) is 17.0. The smallest absolute Gasteiger partial charge is 0.293 e. The van der Waals surface area contributed by atoms with E-state index in [1.165, 1.54) is 12.1 Å². The molecule has 0 radical (unpaired) electrons. The minimum absolute atomic E-state index is 0.0707. The second-order valence-electron chi connectivity index (χ2n) is 7.40. The van der Waals surface area contributed by atoms with Gasteiger partial charge in [0.25, 0.3) is 5.69 Å². The largest absolute Gasteiger partial charge is 0.343 e. The molecule has 0 spiro atoms. The molecule has 0 saturated carbocycles. The van der Waals surface area contributed by atoms with Crippen LogP contribution in [0.15, 0.2) is 48.5 Å². The zero-order chi connectivity index (χ0) is 21.5. The van der Waals surface area contributed by atoms with E-state index < -0.39 is 16.9 Å². The van der Waals surface area contributed by atoms with E-state index in [0.29, 0.717) is 13.0 Å². The Labute approximate surface area is 175 Å². The summed E-state index contributed by atoms with van der Waals surface area (Å²) in [7, 11) is 0. The van der Waals surface area contributed by atoms with E-state index in [0.717, 1.165) is 37.1 Å². The van der Waals surface area contributed by atoms with Gasteiger partial charge < -0.3 is 15.5 Å². The number of likely N-dealkylation sites (tertiary alicyclic amines) is 1. The van der Waals surface area contributed by atoms with Crippen LogP contribution in [-0.4, -0.2) is 41.3 Å². The Kier molecular flexibility index (Phi) is 7.13. The number of anilines is 1. The number of benzene rings is 2. The van der Waals surface area contributed by atoms with Crippen molar-refractivity contribution < 1.29 is 14.5 Å². The number of rotatable bonds is 8. The molecule has 1 saturated heterocycles. The molecular weight excluding hydrogens is 384 g/mol. The lowest BCUT2D eigenvalue weighted by Gasteiger charge is -2.20. The Hall–Kier alpha value is -3.26. The van der Waals surface area contributed by atoms with Crippen molar-refractivity contribution in [1.29, 1.82) is 0 Å². The van der Waals surface area contributed by atoms with Gasteiger partial charge in [-0.05, 0) is 37.0 Å². The number of carbonyl (C=O) groups excluding carboxylic acids is 2. The van der Waals surface area contributed by atoms with Crippen LogP contribution in [0.5, 0.6) is 0 Å². The third-order valence-corrected chi connectivity index (χ3v) is 5.15. The van der Waals surface area contributed by atoms with E-state index in [2.05, 4.69) is 10.6 Å². The lowest BCUT2D eigenvalue weighted by molar-refractivity contribution is -0.384. The first-order valence-corrected chi connectivity index (χ1v) is 10.1. The predicted molar refractivity (Wildman–Crippen MR) is 114 cm³/mol. The predicted octanol–water partition coefficient (Wildman–Crippen LogP) is 3.19. The molecule has 8 nitrogen and oxygen atoms in total. The van der Waals surface area contributed by atoms with Crippen LogP contribution in [0.4, 0.5) is 11.4 Å². The highest BCUT2D eigenvalue weighted by molar-refractivity contribution is 5.97. The van der Waals surface area contributed by atoms with Crippen LogP contribution in [0.1, 0.15) is 36.4 Å². The van der Waals surface area contributed by atoms with Crippen molar-refractivity contribution in [2.45, 2.75) is 32.2 Å². The molecule has 8 heteroatoms. The fraction of sp³-hybridized carbons (Fsp3) is 0.364. The molecule has 1 aliphatic heterocycles. The molecule has 158 valence electrons. The standard InChI is InChI=1S/C22H26N4O4/c1-16-9-10-18(19(15-16)26(29)30)24-22(28)21(17-7-3-2-4-8-17)23-12-11-20(27)25-13-5-6-14-25/h2-4,7-10,15,21,23H,5-6,11-14H2,1H3,(H,24,28). The number of amides is 2.